The van der Waals surface area contributed by atoms with Crippen LogP contribution in [0.2, 0.25) is 0 Å². The highest BCUT2D eigenvalue weighted by atomic mass is 35.5. The van der Waals surface area contributed by atoms with Gasteiger partial charge in [0.15, 0.2) is 0 Å². The third-order valence-corrected chi connectivity index (χ3v) is 2.60. The molecule has 0 aliphatic rings. The lowest BCUT2D eigenvalue weighted by atomic mass is 10.1. The van der Waals surface area contributed by atoms with Crippen LogP contribution in [-0.4, -0.2) is 32.0 Å². The fraction of sp³-hybridized carbons (Fsp3) is 0.385. The van der Waals surface area contributed by atoms with E-state index >= 15 is 0 Å². The molecule has 20 heavy (non-hydrogen) atoms. The number of amides is 2. The number of hydrogen-bond donors (Lipinski definition) is 3. The first-order valence-electron chi connectivity index (χ1n) is 5.97. The van der Waals surface area contributed by atoms with E-state index in [-0.39, 0.29) is 43.4 Å². The molecule has 1 rings (SSSR count). The standard InChI is InChI=1S/C13H19N3O3.ClH/c1-9(10-4-3-5-11(6-10)19-2)16-13(18)8-15-12(17)7-14;/h3-6,9H,7-8,14H2,1-2H3,(H,15,17)(H,16,18);1H. The molecule has 0 fully saturated rings. The molecule has 0 aliphatic carbocycles. The highest BCUT2D eigenvalue weighted by molar-refractivity contribution is 5.85. The molecule has 112 valence electrons. The Balaban J connectivity index is 0.00000361. The molecule has 6 nitrogen and oxygen atoms in total. The number of halogens is 1. The van der Waals surface area contributed by atoms with Gasteiger partial charge in [-0.1, -0.05) is 12.1 Å². The average Bonchev–Trinajstić information content (AvgIpc) is 2.44. The minimum atomic E-state index is -0.357. The van der Waals surface area contributed by atoms with Crippen LogP contribution in [0.15, 0.2) is 24.3 Å². The molecule has 0 bridgehead atoms. The van der Waals surface area contributed by atoms with Crippen LogP contribution in [-0.2, 0) is 9.59 Å². The molecule has 7 heteroatoms. The molecule has 2 amide bonds. The van der Waals surface area contributed by atoms with Crippen LogP contribution in [0.5, 0.6) is 5.75 Å². The van der Waals surface area contributed by atoms with Crippen molar-refractivity contribution in [1.29, 1.82) is 0 Å². The Morgan fingerprint density at radius 2 is 2.05 bits per heavy atom. The Hall–Kier alpha value is -1.79. The molecule has 0 aliphatic heterocycles. The minimum absolute atomic E-state index is 0. The van der Waals surface area contributed by atoms with E-state index in [4.69, 9.17) is 10.5 Å². The summed E-state index contributed by atoms with van der Waals surface area (Å²) in [6.07, 6.45) is 0. The summed E-state index contributed by atoms with van der Waals surface area (Å²) in [5, 5.41) is 5.19. The summed E-state index contributed by atoms with van der Waals surface area (Å²) in [7, 11) is 1.59. The quantitative estimate of drug-likeness (QED) is 0.707. The molecule has 4 N–H and O–H groups in total. The molecule has 1 aromatic carbocycles. The highest BCUT2D eigenvalue weighted by Crippen LogP contribution is 2.18. The number of carbonyl (C=O) groups is 2. The van der Waals surface area contributed by atoms with Gasteiger partial charge in [-0.3, -0.25) is 9.59 Å². The molecule has 1 unspecified atom stereocenters. The first-order valence-corrected chi connectivity index (χ1v) is 5.97. The lowest BCUT2D eigenvalue weighted by Crippen LogP contribution is -2.40. The molecule has 0 saturated heterocycles. The maximum absolute atomic E-state index is 11.6. The SMILES string of the molecule is COc1cccc(C(C)NC(=O)CNC(=O)CN)c1.Cl. The van der Waals surface area contributed by atoms with Gasteiger partial charge < -0.3 is 21.1 Å². The van der Waals surface area contributed by atoms with Crippen molar-refractivity contribution in [1.82, 2.24) is 10.6 Å². The van der Waals surface area contributed by atoms with Gasteiger partial charge in [-0.05, 0) is 24.6 Å². The average molecular weight is 302 g/mol. The number of ether oxygens (including phenoxy) is 1. The first kappa shape index (κ1) is 18.2. The van der Waals surface area contributed by atoms with E-state index in [1.165, 1.54) is 0 Å². The smallest absolute Gasteiger partial charge is 0.239 e. The monoisotopic (exact) mass is 301 g/mol. The van der Waals surface area contributed by atoms with Gasteiger partial charge in [-0.25, -0.2) is 0 Å². The third kappa shape index (κ3) is 5.90. The van der Waals surface area contributed by atoms with Crippen molar-refractivity contribution in [2.45, 2.75) is 13.0 Å². The van der Waals surface area contributed by atoms with E-state index in [1.54, 1.807) is 7.11 Å². The lowest BCUT2D eigenvalue weighted by Gasteiger charge is -2.15. The second kappa shape index (κ2) is 9.17. The van der Waals surface area contributed by atoms with E-state index in [2.05, 4.69) is 10.6 Å². The summed E-state index contributed by atoms with van der Waals surface area (Å²) in [6.45, 7) is 1.65. The molecule has 1 aromatic rings. The fourth-order valence-electron chi connectivity index (χ4n) is 1.54. The van der Waals surface area contributed by atoms with Crippen LogP contribution in [0.1, 0.15) is 18.5 Å². The summed E-state index contributed by atoms with van der Waals surface area (Å²) in [5.74, 6) is 0.108. The zero-order valence-electron chi connectivity index (χ0n) is 11.5. The van der Waals surface area contributed by atoms with Gasteiger partial charge in [0.05, 0.1) is 26.2 Å². The normalized spacial score (nSPS) is 10.9. The van der Waals surface area contributed by atoms with Crippen LogP contribution >= 0.6 is 12.4 Å². The Morgan fingerprint density at radius 1 is 1.35 bits per heavy atom. The summed E-state index contributed by atoms with van der Waals surface area (Å²) in [6, 6.07) is 7.26. The van der Waals surface area contributed by atoms with Gasteiger partial charge in [0.1, 0.15) is 5.75 Å². The fourth-order valence-corrected chi connectivity index (χ4v) is 1.54. The maximum Gasteiger partial charge on any atom is 0.239 e. The Kier molecular flexibility index (Phi) is 8.35. The largest absolute Gasteiger partial charge is 0.497 e. The van der Waals surface area contributed by atoms with Gasteiger partial charge in [-0.2, -0.15) is 0 Å². The van der Waals surface area contributed by atoms with E-state index in [0.29, 0.717) is 0 Å². The molecule has 0 spiro atoms. The van der Waals surface area contributed by atoms with E-state index in [1.807, 2.05) is 31.2 Å². The molecule has 0 heterocycles. The molecular weight excluding hydrogens is 282 g/mol. The van der Waals surface area contributed by atoms with Crippen LogP contribution in [0.3, 0.4) is 0 Å². The molecule has 0 saturated carbocycles. The topological polar surface area (TPSA) is 93.5 Å². The second-order valence-corrected chi connectivity index (χ2v) is 4.05. The van der Waals surface area contributed by atoms with Gasteiger partial charge in [-0.15, -0.1) is 12.4 Å². The number of rotatable bonds is 6. The zero-order chi connectivity index (χ0) is 14.3. The third-order valence-electron chi connectivity index (χ3n) is 2.60. The van der Waals surface area contributed by atoms with Crippen LogP contribution < -0.4 is 21.1 Å². The van der Waals surface area contributed by atoms with E-state index in [0.717, 1.165) is 11.3 Å². The van der Waals surface area contributed by atoms with Crippen molar-refractivity contribution >= 4 is 24.2 Å². The maximum atomic E-state index is 11.6. The van der Waals surface area contributed by atoms with Gasteiger partial charge in [0.25, 0.3) is 0 Å². The van der Waals surface area contributed by atoms with Crippen LogP contribution in [0, 0.1) is 0 Å². The summed E-state index contributed by atoms with van der Waals surface area (Å²) >= 11 is 0. The van der Waals surface area contributed by atoms with Gasteiger partial charge >= 0.3 is 0 Å². The molecule has 0 radical (unpaired) electrons. The van der Waals surface area contributed by atoms with Gasteiger partial charge in [0, 0.05) is 0 Å². The molecule has 1 atom stereocenters. The number of nitrogens with one attached hydrogen (secondary N) is 2. The predicted molar refractivity (Wildman–Crippen MR) is 78.9 cm³/mol. The minimum Gasteiger partial charge on any atom is -0.497 e. The van der Waals surface area contributed by atoms with E-state index < -0.39 is 0 Å². The van der Waals surface area contributed by atoms with Crippen molar-refractivity contribution in [3.05, 3.63) is 29.8 Å². The Bertz CT molecular complexity index is 454. The summed E-state index contributed by atoms with van der Waals surface area (Å²) in [5.41, 5.74) is 6.05. The van der Waals surface area contributed by atoms with E-state index in [9.17, 15) is 9.59 Å². The number of hydrogen-bond acceptors (Lipinski definition) is 4. The number of methoxy groups -OCH3 is 1. The van der Waals surface area contributed by atoms with Crippen molar-refractivity contribution in [3.63, 3.8) is 0 Å². The summed E-state index contributed by atoms with van der Waals surface area (Å²) in [4.78, 5) is 22.5. The summed E-state index contributed by atoms with van der Waals surface area (Å²) < 4.78 is 5.12. The van der Waals surface area contributed by atoms with Crippen molar-refractivity contribution in [2.24, 2.45) is 5.73 Å². The van der Waals surface area contributed by atoms with Crippen molar-refractivity contribution in [3.8, 4) is 5.75 Å². The van der Waals surface area contributed by atoms with Crippen LogP contribution in [0.25, 0.3) is 0 Å². The lowest BCUT2D eigenvalue weighted by molar-refractivity contribution is -0.125. The van der Waals surface area contributed by atoms with Crippen molar-refractivity contribution in [2.75, 3.05) is 20.2 Å². The first-order chi connectivity index (χ1) is 9.06. The number of carbonyl (C=O) groups excluding carboxylic acids is 2. The van der Waals surface area contributed by atoms with Crippen LogP contribution in [0.4, 0.5) is 0 Å². The van der Waals surface area contributed by atoms with Crippen molar-refractivity contribution < 1.29 is 14.3 Å². The number of nitrogens with two attached hydrogens (primary N) is 1. The Morgan fingerprint density at radius 3 is 2.65 bits per heavy atom. The number of benzene rings is 1. The molecule has 0 aromatic heterocycles. The second-order valence-electron chi connectivity index (χ2n) is 4.05. The van der Waals surface area contributed by atoms with Gasteiger partial charge in [0.2, 0.25) is 11.8 Å². The zero-order valence-corrected chi connectivity index (χ0v) is 12.3. The highest BCUT2D eigenvalue weighted by Gasteiger charge is 2.10. The predicted octanol–water partition coefficient (Wildman–Crippen LogP) is 0.369. The molecular formula is C13H20ClN3O3. The Labute approximate surface area is 124 Å².